The van der Waals surface area contributed by atoms with Gasteiger partial charge in [0.05, 0.1) is 10.6 Å². The van der Waals surface area contributed by atoms with Crippen molar-refractivity contribution in [3.63, 3.8) is 0 Å². The molecular weight excluding hydrogens is 420 g/mol. The molecule has 2 aromatic carbocycles. The van der Waals surface area contributed by atoms with Crippen LogP contribution in [0.3, 0.4) is 0 Å². The highest BCUT2D eigenvalue weighted by molar-refractivity contribution is 7.92. The number of halogens is 1. The number of hydrogen-bond donors (Lipinski definition) is 1. The molecule has 1 atom stereocenters. The fraction of sp³-hybridized carbons (Fsp3) is 0.435. The molecule has 164 valence electrons. The summed E-state index contributed by atoms with van der Waals surface area (Å²) in [6.45, 7) is 6.36. The van der Waals surface area contributed by atoms with Crippen molar-refractivity contribution in [2.24, 2.45) is 5.92 Å². The van der Waals surface area contributed by atoms with Gasteiger partial charge in [0.2, 0.25) is 5.91 Å². The number of hydrogen-bond acceptors (Lipinski definition) is 3. The van der Waals surface area contributed by atoms with Gasteiger partial charge in [-0.15, -0.1) is 0 Å². The number of sulfonamides is 1. The van der Waals surface area contributed by atoms with Crippen molar-refractivity contribution in [2.45, 2.75) is 51.3 Å². The maximum atomic E-state index is 13.4. The first kappa shape index (κ1) is 24.2. The number of rotatable bonds is 11. The molecule has 0 saturated carbocycles. The molecule has 0 spiro atoms. The summed E-state index contributed by atoms with van der Waals surface area (Å²) in [5.74, 6) is 0.0828. The van der Waals surface area contributed by atoms with Crippen LogP contribution in [0.2, 0.25) is 5.02 Å². The van der Waals surface area contributed by atoms with Crippen LogP contribution in [0.15, 0.2) is 53.4 Å². The normalized spacial score (nSPS) is 12.4. The molecule has 0 aliphatic rings. The minimum Gasteiger partial charge on any atom is -0.354 e. The van der Waals surface area contributed by atoms with Crippen LogP contribution in [0.5, 0.6) is 0 Å². The summed E-state index contributed by atoms with van der Waals surface area (Å²) in [5, 5.41) is 3.38. The first-order chi connectivity index (χ1) is 14.3. The van der Waals surface area contributed by atoms with Crippen LogP contribution >= 0.6 is 11.6 Å². The zero-order valence-electron chi connectivity index (χ0n) is 17.9. The van der Waals surface area contributed by atoms with E-state index >= 15 is 0 Å². The Labute approximate surface area is 185 Å². The average Bonchev–Trinajstić information content (AvgIpc) is 2.73. The number of anilines is 1. The maximum Gasteiger partial charge on any atom is 0.264 e. The lowest BCUT2D eigenvalue weighted by Gasteiger charge is -2.26. The molecule has 2 rings (SSSR count). The number of benzene rings is 2. The second-order valence-electron chi connectivity index (χ2n) is 7.47. The summed E-state index contributed by atoms with van der Waals surface area (Å²) in [6, 6.07) is 13.1. The van der Waals surface area contributed by atoms with Gasteiger partial charge >= 0.3 is 0 Å². The Hall–Kier alpha value is -2.05. The van der Waals surface area contributed by atoms with Crippen molar-refractivity contribution in [3.8, 4) is 0 Å². The predicted molar refractivity (Wildman–Crippen MR) is 123 cm³/mol. The number of amides is 1. The number of unbranched alkanes of at least 4 members (excludes halogenated alkanes) is 1. The summed E-state index contributed by atoms with van der Waals surface area (Å²) in [6.07, 6.45) is 4.27. The molecule has 1 N–H and O–H groups in total. The van der Waals surface area contributed by atoms with Gasteiger partial charge in [-0.25, -0.2) is 8.42 Å². The topological polar surface area (TPSA) is 66.5 Å². The van der Waals surface area contributed by atoms with Gasteiger partial charge < -0.3 is 5.32 Å². The molecular formula is C23H31ClN2O3S. The highest BCUT2D eigenvalue weighted by Crippen LogP contribution is 2.27. The molecule has 0 heterocycles. The molecule has 0 saturated heterocycles. The van der Waals surface area contributed by atoms with Crippen LogP contribution < -0.4 is 9.62 Å². The molecule has 0 bridgehead atoms. The molecule has 1 unspecified atom stereocenters. The summed E-state index contributed by atoms with van der Waals surface area (Å²) >= 11 is 5.92. The lowest BCUT2D eigenvalue weighted by Crippen LogP contribution is -2.42. The number of nitrogens with zero attached hydrogens (tertiary/aromatic N) is 1. The standard InChI is InChI=1S/C23H31ClN2O3S/c1-4-6-10-19(5-2)16-25-23(27)17-26(22-11-8-7-9-18(22)3)30(28,29)21-14-12-20(24)13-15-21/h7-9,11-15,19H,4-6,10,16-17H2,1-3H3,(H,25,27). The van der Waals surface area contributed by atoms with E-state index in [2.05, 4.69) is 19.2 Å². The Bertz CT molecular complexity index is 930. The third kappa shape index (κ3) is 6.47. The zero-order valence-corrected chi connectivity index (χ0v) is 19.5. The molecule has 5 nitrogen and oxygen atoms in total. The van der Waals surface area contributed by atoms with E-state index < -0.39 is 10.0 Å². The molecule has 0 aromatic heterocycles. The number of aryl methyl sites for hydroxylation is 1. The van der Waals surface area contributed by atoms with Crippen LogP contribution in [0.1, 0.15) is 45.1 Å². The lowest BCUT2D eigenvalue weighted by atomic mass is 9.99. The minimum absolute atomic E-state index is 0.0948. The third-order valence-corrected chi connectivity index (χ3v) is 7.23. The van der Waals surface area contributed by atoms with Gasteiger partial charge in [-0.2, -0.15) is 0 Å². The van der Waals surface area contributed by atoms with Gasteiger partial charge in [-0.1, -0.05) is 62.9 Å². The molecule has 0 aliphatic carbocycles. The largest absolute Gasteiger partial charge is 0.354 e. The van der Waals surface area contributed by atoms with Gasteiger partial charge in [0.1, 0.15) is 6.54 Å². The highest BCUT2D eigenvalue weighted by atomic mass is 35.5. The van der Waals surface area contributed by atoms with E-state index in [1.807, 2.05) is 19.1 Å². The van der Waals surface area contributed by atoms with Gasteiger partial charge in [0.25, 0.3) is 10.0 Å². The molecule has 7 heteroatoms. The van der Waals surface area contributed by atoms with Gasteiger partial charge in [0, 0.05) is 11.6 Å². The Morgan fingerprint density at radius 2 is 1.77 bits per heavy atom. The number of nitrogens with one attached hydrogen (secondary N) is 1. The Morgan fingerprint density at radius 3 is 2.37 bits per heavy atom. The number of carbonyl (C=O) groups excluding carboxylic acids is 1. The first-order valence-electron chi connectivity index (χ1n) is 10.4. The van der Waals surface area contributed by atoms with E-state index in [9.17, 15) is 13.2 Å². The molecule has 0 fully saturated rings. The zero-order chi connectivity index (χ0) is 22.1. The average molecular weight is 451 g/mol. The van der Waals surface area contributed by atoms with E-state index in [4.69, 9.17) is 11.6 Å². The second-order valence-corrected chi connectivity index (χ2v) is 9.77. The van der Waals surface area contributed by atoms with Crippen LogP contribution in [0, 0.1) is 12.8 Å². The summed E-state index contributed by atoms with van der Waals surface area (Å²) in [5.41, 5.74) is 1.26. The van der Waals surface area contributed by atoms with Crippen molar-refractivity contribution in [1.29, 1.82) is 0 Å². The molecule has 0 aliphatic heterocycles. The minimum atomic E-state index is -3.93. The molecule has 30 heavy (non-hydrogen) atoms. The lowest BCUT2D eigenvalue weighted by molar-refractivity contribution is -0.119. The van der Waals surface area contributed by atoms with E-state index in [1.165, 1.54) is 28.6 Å². The van der Waals surface area contributed by atoms with E-state index in [0.29, 0.717) is 23.2 Å². The van der Waals surface area contributed by atoms with Crippen LogP contribution in [0.4, 0.5) is 5.69 Å². The monoisotopic (exact) mass is 450 g/mol. The van der Waals surface area contributed by atoms with Crippen molar-refractivity contribution in [1.82, 2.24) is 5.32 Å². The summed E-state index contributed by atoms with van der Waals surface area (Å²) in [7, 11) is -3.93. The van der Waals surface area contributed by atoms with Crippen LogP contribution in [0.25, 0.3) is 0 Å². The van der Waals surface area contributed by atoms with Crippen molar-refractivity contribution >= 4 is 33.2 Å². The maximum absolute atomic E-state index is 13.4. The van der Waals surface area contributed by atoms with Crippen LogP contribution in [-0.4, -0.2) is 27.4 Å². The highest BCUT2D eigenvalue weighted by Gasteiger charge is 2.28. The van der Waals surface area contributed by atoms with Crippen molar-refractivity contribution in [2.75, 3.05) is 17.4 Å². The van der Waals surface area contributed by atoms with E-state index in [1.54, 1.807) is 12.1 Å². The molecule has 2 aromatic rings. The van der Waals surface area contributed by atoms with E-state index in [-0.39, 0.29) is 17.3 Å². The predicted octanol–water partition coefficient (Wildman–Crippen LogP) is 5.18. The Morgan fingerprint density at radius 1 is 1.10 bits per heavy atom. The summed E-state index contributed by atoms with van der Waals surface area (Å²) in [4.78, 5) is 12.8. The SMILES string of the molecule is CCCCC(CC)CNC(=O)CN(c1ccccc1C)S(=O)(=O)c1ccc(Cl)cc1. The third-order valence-electron chi connectivity index (χ3n) is 5.20. The Balaban J connectivity index is 2.26. The Kier molecular flexibility index (Phi) is 9.18. The van der Waals surface area contributed by atoms with Crippen LogP contribution in [-0.2, 0) is 14.8 Å². The fourth-order valence-electron chi connectivity index (χ4n) is 3.26. The summed E-state index contributed by atoms with van der Waals surface area (Å²) < 4.78 is 27.9. The number of carbonyl (C=O) groups is 1. The smallest absolute Gasteiger partial charge is 0.264 e. The van der Waals surface area contributed by atoms with Gasteiger partial charge in [-0.05, 0) is 55.2 Å². The fourth-order valence-corrected chi connectivity index (χ4v) is 4.88. The molecule has 1 amide bonds. The van der Waals surface area contributed by atoms with Gasteiger partial charge in [-0.3, -0.25) is 9.10 Å². The molecule has 0 radical (unpaired) electrons. The quantitative estimate of drug-likeness (QED) is 0.513. The van der Waals surface area contributed by atoms with Crippen molar-refractivity contribution < 1.29 is 13.2 Å². The number of para-hydroxylation sites is 1. The second kappa shape index (κ2) is 11.4. The van der Waals surface area contributed by atoms with Crippen molar-refractivity contribution in [3.05, 3.63) is 59.1 Å². The first-order valence-corrected chi connectivity index (χ1v) is 12.2. The van der Waals surface area contributed by atoms with Gasteiger partial charge in [0.15, 0.2) is 0 Å². The van der Waals surface area contributed by atoms with E-state index in [0.717, 1.165) is 31.2 Å².